The number of nitrogens with zero attached hydrogens (tertiary/aromatic N) is 3. The SMILES string of the molecule is NC(=O)c1cc(-c2ccccc2)cc2c(C3CCN(S(=O)(=O)CCN4CCN(CCO)CC4)CC3)c[nH]c12. The number of amides is 1. The Kier molecular flexibility index (Phi) is 8.15. The number of carbonyl (C=O) groups excluding carboxylic acids is 1. The number of piperidine rings is 1. The maximum Gasteiger partial charge on any atom is 0.250 e. The smallest absolute Gasteiger partial charge is 0.250 e. The number of carbonyl (C=O) groups is 1. The second-order valence-corrected chi connectivity index (χ2v) is 12.4. The summed E-state index contributed by atoms with van der Waals surface area (Å²) in [4.78, 5) is 19.9. The van der Waals surface area contributed by atoms with Gasteiger partial charge in [-0.2, -0.15) is 0 Å². The van der Waals surface area contributed by atoms with Crippen molar-refractivity contribution in [1.82, 2.24) is 19.1 Å². The van der Waals surface area contributed by atoms with Crippen molar-refractivity contribution in [2.45, 2.75) is 18.8 Å². The van der Waals surface area contributed by atoms with Gasteiger partial charge in [-0.05, 0) is 47.6 Å². The summed E-state index contributed by atoms with van der Waals surface area (Å²) in [7, 11) is -3.33. The topological polar surface area (TPSA) is 123 Å². The van der Waals surface area contributed by atoms with Crippen LogP contribution in [0.2, 0.25) is 0 Å². The van der Waals surface area contributed by atoms with Crippen molar-refractivity contribution in [3.63, 3.8) is 0 Å². The van der Waals surface area contributed by atoms with Crippen LogP contribution in [0.4, 0.5) is 0 Å². The first-order valence-electron chi connectivity index (χ1n) is 13.4. The van der Waals surface area contributed by atoms with E-state index in [0.29, 0.717) is 31.7 Å². The standard InChI is InChI=1S/C28H37N5O4S/c29-28(35)25-19-23(21-4-2-1-3-5-21)18-24-26(20-30-27(24)25)22-6-8-33(9-7-22)38(36,37)17-15-32-12-10-31(11-13-32)14-16-34/h1-5,18-20,22,30,34H,6-17H2,(H2,29,35). The number of aliphatic hydroxyl groups excluding tert-OH is 1. The van der Waals surface area contributed by atoms with Gasteiger partial charge in [-0.15, -0.1) is 0 Å². The highest BCUT2D eigenvalue weighted by Crippen LogP contribution is 2.37. The number of H-pyrrole nitrogens is 1. The fourth-order valence-electron chi connectivity index (χ4n) is 5.78. The minimum atomic E-state index is -3.33. The van der Waals surface area contributed by atoms with E-state index in [2.05, 4.69) is 20.9 Å². The molecule has 2 saturated heterocycles. The number of nitrogens with one attached hydrogen (secondary N) is 1. The van der Waals surface area contributed by atoms with E-state index in [1.165, 1.54) is 0 Å². The second kappa shape index (κ2) is 11.5. The molecule has 3 heterocycles. The minimum absolute atomic E-state index is 0.132. The van der Waals surface area contributed by atoms with Crippen LogP contribution in [0.25, 0.3) is 22.0 Å². The highest BCUT2D eigenvalue weighted by Gasteiger charge is 2.31. The molecule has 2 aliphatic heterocycles. The molecule has 1 amide bonds. The fourth-order valence-corrected chi connectivity index (χ4v) is 7.29. The molecule has 3 aromatic rings. The number of β-amino-alcohol motifs (C(OH)–C–C–N with tert-alkyl or cyclic N) is 1. The predicted octanol–water partition coefficient (Wildman–Crippen LogP) is 2.05. The first-order chi connectivity index (χ1) is 18.4. The zero-order valence-electron chi connectivity index (χ0n) is 21.7. The van der Waals surface area contributed by atoms with Gasteiger partial charge in [0.2, 0.25) is 10.0 Å². The van der Waals surface area contributed by atoms with Crippen LogP contribution in [0.5, 0.6) is 0 Å². The average Bonchev–Trinajstić information content (AvgIpc) is 3.37. The molecule has 2 fully saturated rings. The van der Waals surface area contributed by atoms with E-state index >= 15 is 0 Å². The van der Waals surface area contributed by atoms with Crippen LogP contribution in [0.1, 0.15) is 34.7 Å². The Bertz CT molecular complexity index is 1360. The van der Waals surface area contributed by atoms with Crippen LogP contribution in [0.15, 0.2) is 48.7 Å². The van der Waals surface area contributed by atoms with Crippen molar-refractivity contribution >= 4 is 26.8 Å². The Morgan fingerprint density at radius 2 is 1.61 bits per heavy atom. The molecule has 38 heavy (non-hydrogen) atoms. The van der Waals surface area contributed by atoms with Crippen LogP contribution >= 0.6 is 0 Å². The van der Waals surface area contributed by atoms with Crippen molar-refractivity contribution in [3.05, 3.63) is 59.8 Å². The summed E-state index contributed by atoms with van der Waals surface area (Å²) in [5.41, 5.74) is 9.99. The number of benzene rings is 2. The van der Waals surface area contributed by atoms with Gasteiger partial charge in [-0.1, -0.05) is 30.3 Å². The Morgan fingerprint density at radius 3 is 2.24 bits per heavy atom. The Hall–Kier alpha value is -2.76. The van der Waals surface area contributed by atoms with Gasteiger partial charge in [0.15, 0.2) is 0 Å². The monoisotopic (exact) mass is 539 g/mol. The number of primary amides is 1. The van der Waals surface area contributed by atoms with Crippen molar-refractivity contribution in [3.8, 4) is 11.1 Å². The zero-order valence-corrected chi connectivity index (χ0v) is 22.5. The first kappa shape index (κ1) is 26.8. The van der Waals surface area contributed by atoms with Gasteiger partial charge in [0.05, 0.1) is 23.4 Å². The summed E-state index contributed by atoms with van der Waals surface area (Å²) in [6, 6.07) is 13.9. The van der Waals surface area contributed by atoms with Crippen molar-refractivity contribution < 1.29 is 18.3 Å². The summed E-state index contributed by atoms with van der Waals surface area (Å²) in [6.45, 7) is 5.73. The number of sulfonamides is 1. The Labute approximate surface area is 224 Å². The van der Waals surface area contributed by atoms with E-state index < -0.39 is 15.9 Å². The lowest BCUT2D eigenvalue weighted by atomic mass is 9.88. The van der Waals surface area contributed by atoms with Gasteiger partial charge in [0.25, 0.3) is 5.91 Å². The fraction of sp³-hybridized carbons (Fsp3) is 0.464. The van der Waals surface area contributed by atoms with Gasteiger partial charge >= 0.3 is 0 Å². The molecule has 5 rings (SSSR count). The zero-order chi connectivity index (χ0) is 26.7. The highest BCUT2D eigenvalue weighted by molar-refractivity contribution is 7.89. The summed E-state index contributed by atoms with van der Waals surface area (Å²) in [5.74, 6) is -0.147. The number of nitrogens with two attached hydrogens (primary N) is 1. The third-order valence-electron chi connectivity index (χ3n) is 8.03. The molecule has 0 radical (unpaired) electrons. The number of piperazine rings is 1. The lowest BCUT2D eigenvalue weighted by Crippen LogP contribution is -2.49. The number of rotatable bonds is 9. The van der Waals surface area contributed by atoms with Gasteiger partial charge in [-0.3, -0.25) is 14.6 Å². The molecule has 10 heteroatoms. The van der Waals surface area contributed by atoms with Crippen LogP contribution < -0.4 is 5.73 Å². The van der Waals surface area contributed by atoms with Crippen LogP contribution in [-0.4, -0.2) is 103 Å². The van der Waals surface area contributed by atoms with E-state index in [-0.39, 0.29) is 18.3 Å². The molecule has 0 atom stereocenters. The Balaban J connectivity index is 1.25. The van der Waals surface area contributed by atoms with Crippen molar-refractivity contribution in [1.29, 1.82) is 0 Å². The van der Waals surface area contributed by atoms with Gasteiger partial charge in [0, 0.05) is 63.9 Å². The van der Waals surface area contributed by atoms with Crippen molar-refractivity contribution in [2.75, 3.05) is 64.7 Å². The lowest BCUT2D eigenvalue weighted by Gasteiger charge is -2.35. The second-order valence-electron chi connectivity index (χ2n) is 10.3. The van der Waals surface area contributed by atoms with E-state index in [1.54, 1.807) is 4.31 Å². The third-order valence-corrected chi connectivity index (χ3v) is 9.88. The molecular formula is C28H37N5O4S. The maximum atomic E-state index is 13.1. The molecule has 204 valence electrons. The summed E-state index contributed by atoms with van der Waals surface area (Å²) in [5, 5.41) is 10.1. The molecule has 2 aromatic carbocycles. The summed E-state index contributed by atoms with van der Waals surface area (Å²) in [6.07, 6.45) is 3.41. The number of hydrogen-bond donors (Lipinski definition) is 3. The van der Waals surface area contributed by atoms with E-state index in [1.807, 2.05) is 42.6 Å². The molecular weight excluding hydrogens is 502 g/mol. The number of hydrogen-bond acceptors (Lipinski definition) is 6. The molecule has 4 N–H and O–H groups in total. The first-order valence-corrected chi connectivity index (χ1v) is 15.0. The number of aromatic amines is 1. The molecule has 0 bridgehead atoms. The number of fused-ring (bicyclic) bond motifs is 1. The predicted molar refractivity (Wildman–Crippen MR) is 150 cm³/mol. The molecule has 0 unspecified atom stereocenters. The molecule has 2 aliphatic rings. The molecule has 9 nitrogen and oxygen atoms in total. The Morgan fingerprint density at radius 1 is 0.947 bits per heavy atom. The molecule has 0 saturated carbocycles. The van der Waals surface area contributed by atoms with Crippen molar-refractivity contribution in [2.24, 2.45) is 5.73 Å². The molecule has 0 spiro atoms. The van der Waals surface area contributed by atoms with Crippen LogP contribution in [0, 0.1) is 0 Å². The minimum Gasteiger partial charge on any atom is -0.395 e. The maximum absolute atomic E-state index is 13.1. The highest BCUT2D eigenvalue weighted by atomic mass is 32.2. The number of aliphatic hydroxyl groups is 1. The quantitative estimate of drug-likeness (QED) is 0.383. The van der Waals surface area contributed by atoms with E-state index in [0.717, 1.165) is 66.6 Å². The summed E-state index contributed by atoms with van der Waals surface area (Å²) < 4.78 is 27.9. The van der Waals surface area contributed by atoms with E-state index in [9.17, 15) is 13.2 Å². The normalized spacial score (nSPS) is 18.8. The van der Waals surface area contributed by atoms with Gasteiger partial charge < -0.3 is 15.8 Å². The van der Waals surface area contributed by atoms with Crippen LogP contribution in [-0.2, 0) is 10.0 Å². The van der Waals surface area contributed by atoms with Gasteiger partial charge in [0.1, 0.15) is 0 Å². The van der Waals surface area contributed by atoms with Gasteiger partial charge in [-0.25, -0.2) is 12.7 Å². The third kappa shape index (κ3) is 5.79. The largest absolute Gasteiger partial charge is 0.395 e. The molecule has 1 aromatic heterocycles. The lowest BCUT2D eigenvalue weighted by molar-refractivity contribution is 0.100. The summed E-state index contributed by atoms with van der Waals surface area (Å²) >= 11 is 0. The van der Waals surface area contributed by atoms with Crippen LogP contribution in [0.3, 0.4) is 0 Å². The number of aromatic nitrogens is 1. The van der Waals surface area contributed by atoms with E-state index in [4.69, 9.17) is 10.8 Å². The molecule has 0 aliphatic carbocycles. The average molecular weight is 540 g/mol.